The Hall–Kier alpha value is -3.07. The van der Waals surface area contributed by atoms with E-state index < -0.39 is 18.1 Å². The van der Waals surface area contributed by atoms with Crippen molar-refractivity contribution < 1.29 is 23.9 Å². The molecule has 1 aliphatic carbocycles. The van der Waals surface area contributed by atoms with Gasteiger partial charge in [0.1, 0.15) is 17.8 Å². The average molecular weight is 543 g/mol. The van der Waals surface area contributed by atoms with E-state index in [0.29, 0.717) is 36.6 Å². The number of nitrogens with one attached hydrogen (secondary N) is 3. The third kappa shape index (κ3) is 5.39. The Morgan fingerprint density at radius 1 is 1.18 bits per heavy atom. The van der Waals surface area contributed by atoms with Crippen LogP contribution in [0.3, 0.4) is 0 Å². The summed E-state index contributed by atoms with van der Waals surface area (Å²) in [5, 5.41) is 7.11. The van der Waals surface area contributed by atoms with Gasteiger partial charge in [-0.2, -0.15) is 0 Å². The number of carbonyl (C=O) groups excluding carboxylic acids is 4. The predicted octanol–water partition coefficient (Wildman–Crippen LogP) is 3.56. The summed E-state index contributed by atoms with van der Waals surface area (Å²) in [4.78, 5) is 57.4. The van der Waals surface area contributed by atoms with Crippen molar-refractivity contribution in [1.29, 1.82) is 0 Å². The number of carbonyl (C=O) groups is 4. The number of amides is 3. The second-order valence-electron chi connectivity index (χ2n) is 11.1. The molecule has 0 radical (unpaired) electrons. The molecule has 3 heterocycles. The molecule has 1 aromatic carbocycles. The highest BCUT2D eigenvalue weighted by molar-refractivity contribution is 6.31. The molecule has 1 aromatic heterocycles. The summed E-state index contributed by atoms with van der Waals surface area (Å²) in [7, 11) is 1.27. The molecule has 1 saturated carbocycles. The lowest BCUT2D eigenvalue weighted by molar-refractivity contribution is -0.146. The highest BCUT2D eigenvalue weighted by Gasteiger charge is 2.49. The number of esters is 1. The molecule has 3 N–H and O–H groups in total. The zero-order valence-electron chi connectivity index (χ0n) is 21.7. The molecule has 5 rings (SSSR count). The fourth-order valence-corrected chi connectivity index (χ4v) is 6.68. The molecule has 1 spiro atoms. The molecule has 0 bridgehead atoms. The zero-order valence-corrected chi connectivity index (χ0v) is 22.4. The molecule has 204 valence electrons. The van der Waals surface area contributed by atoms with Gasteiger partial charge in [0.05, 0.1) is 7.11 Å². The summed E-state index contributed by atoms with van der Waals surface area (Å²) in [5.41, 5.74) is 1.04. The van der Waals surface area contributed by atoms with E-state index in [0.717, 1.165) is 49.4 Å². The highest BCUT2D eigenvalue weighted by Crippen LogP contribution is 2.46. The van der Waals surface area contributed by atoms with Crippen LogP contribution in [0.5, 0.6) is 0 Å². The maximum atomic E-state index is 13.8. The van der Waals surface area contributed by atoms with Crippen LogP contribution in [0.2, 0.25) is 5.02 Å². The Morgan fingerprint density at radius 3 is 2.71 bits per heavy atom. The standard InChI is InChI=1S/C28H35ClN4O5/c1-38-27(37)22(13-18-6-5-11-30-24(18)34)32-25(35)23-15-28(9-3-2-4-10-28)16-33(23)26(36)21-12-17-7-8-19(29)14-20(17)31-21/h7-8,12,14,18,22-23,31H,2-6,9-11,13,15-16H2,1H3,(H,30,34)(H,32,35)/t18-,22-,23?/m0/s1. The van der Waals surface area contributed by atoms with E-state index in [-0.39, 0.29) is 35.5 Å². The van der Waals surface area contributed by atoms with E-state index in [9.17, 15) is 19.2 Å². The monoisotopic (exact) mass is 542 g/mol. The first-order chi connectivity index (χ1) is 18.3. The van der Waals surface area contributed by atoms with Gasteiger partial charge in [-0.15, -0.1) is 0 Å². The van der Waals surface area contributed by atoms with Gasteiger partial charge in [-0.1, -0.05) is 36.9 Å². The van der Waals surface area contributed by atoms with Crippen molar-refractivity contribution in [3.8, 4) is 0 Å². The van der Waals surface area contributed by atoms with Crippen molar-refractivity contribution in [3.05, 3.63) is 35.0 Å². The maximum Gasteiger partial charge on any atom is 0.328 e. The number of likely N-dealkylation sites (tertiary alicyclic amines) is 1. The lowest BCUT2D eigenvalue weighted by Gasteiger charge is -2.32. The SMILES string of the molecule is COC(=O)[C@H](C[C@@H]1CCCNC1=O)NC(=O)C1CC2(CCCCC2)CN1C(=O)c1cc2ccc(Cl)cc2[nH]1. The first-order valence-corrected chi connectivity index (χ1v) is 13.9. The fraction of sp³-hybridized carbons (Fsp3) is 0.571. The molecular weight excluding hydrogens is 508 g/mol. The van der Waals surface area contributed by atoms with Crippen molar-refractivity contribution in [2.24, 2.45) is 11.3 Å². The van der Waals surface area contributed by atoms with Crippen LogP contribution in [0.25, 0.3) is 10.9 Å². The van der Waals surface area contributed by atoms with E-state index in [1.807, 2.05) is 6.07 Å². The minimum absolute atomic E-state index is 0.114. The second kappa shape index (κ2) is 11.0. The molecule has 1 unspecified atom stereocenters. The van der Waals surface area contributed by atoms with Gasteiger partial charge in [-0.05, 0) is 62.1 Å². The first kappa shape index (κ1) is 26.5. The molecule has 2 aliphatic heterocycles. The molecule has 3 amide bonds. The summed E-state index contributed by atoms with van der Waals surface area (Å²) < 4.78 is 4.97. The Balaban J connectivity index is 1.39. The van der Waals surface area contributed by atoms with E-state index >= 15 is 0 Å². The summed E-state index contributed by atoms with van der Waals surface area (Å²) in [6, 6.07) is 5.50. The van der Waals surface area contributed by atoms with Crippen LogP contribution in [0.15, 0.2) is 24.3 Å². The van der Waals surface area contributed by atoms with Gasteiger partial charge in [0.15, 0.2) is 0 Å². The van der Waals surface area contributed by atoms with Crippen molar-refractivity contribution in [1.82, 2.24) is 20.5 Å². The normalized spacial score (nSPS) is 23.7. The predicted molar refractivity (Wildman–Crippen MR) is 143 cm³/mol. The summed E-state index contributed by atoms with van der Waals surface area (Å²) in [6.45, 7) is 1.11. The van der Waals surface area contributed by atoms with Crippen LogP contribution in [-0.2, 0) is 19.1 Å². The van der Waals surface area contributed by atoms with E-state index in [1.54, 1.807) is 23.1 Å². The third-order valence-corrected chi connectivity index (χ3v) is 8.76. The van der Waals surface area contributed by atoms with E-state index in [1.165, 1.54) is 7.11 Å². The van der Waals surface area contributed by atoms with E-state index in [2.05, 4.69) is 15.6 Å². The molecule has 3 atom stereocenters. The van der Waals surface area contributed by atoms with Crippen molar-refractivity contribution in [3.63, 3.8) is 0 Å². The second-order valence-corrected chi connectivity index (χ2v) is 11.5. The summed E-state index contributed by atoms with van der Waals surface area (Å²) in [6.07, 6.45) is 7.41. The van der Waals surface area contributed by atoms with Crippen LogP contribution < -0.4 is 10.6 Å². The molecule has 3 aliphatic rings. The van der Waals surface area contributed by atoms with Gasteiger partial charge in [0.2, 0.25) is 11.8 Å². The van der Waals surface area contributed by atoms with Gasteiger partial charge in [-0.3, -0.25) is 14.4 Å². The van der Waals surface area contributed by atoms with E-state index in [4.69, 9.17) is 16.3 Å². The molecular formula is C28H35ClN4O5. The number of hydrogen-bond donors (Lipinski definition) is 3. The van der Waals surface area contributed by atoms with Crippen LogP contribution in [0, 0.1) is 11.3 Å². The van der Waals surface area contributed by atoms with Crippen LogP contribution in [0.1, 0.15) is 68.3 Å². The third-order valence-electron chi connectivity index (χ3n) is 8.52. The Morgan fingerprint density at radius 2 is 1.97 bits per heavy atom. The number of halogens is 1. The number of H-pyrrole nitrogens is 1. The van der Waals surface area contributed by atoms with Crippen molar-refractivity contribution >= 4 is 46.2 Å². The van der Waals surface area contributed by atoms with Crippen LogP contribution in [-0.4, -0.2) is 65.9 Å². The maximum absolute atomic E-state index is 13.8. The number of rotatable bonds is 6. The topological polar surface area (TPSA) is 121 Å². The molecule has 9 nitrogen and oxygen atoms in total. The smallest absolute Gasteiger partial charge is 0.328 e. The average Bonchev–Trinajstić information content (AvgIpc) is 3.50. The van der Waals surface area contributed by atoms with Crippen molar-refractivity contribution in [2.45, 2.75) is 69.9 Å². The lowest BCUT2D eigenvalue weighted by atomic mass is 9.72. The quantitative estimate of drug-likeness (QED) is 0.482. The zero-order chi connectivity index (χ0) is 26.9. The number of hydrogen-bond acceptors (Lipinski definition) is 5. The number of piperidine rings is 1. The van der Waals surface area contributed by atoms with Crippen molar-refractivity contribution in [2.75, 3.05) is 20.2 Å². The molecule has 2 aromatic rings. The molecule has 38 heavy (non-hydrogen) atoms. The van der Waals surface area contributed by atoms with Gasteiger partial charge < -0.3 is 25.3 Å². The number of methoxy groups -OCH3 is 1. The van der Waals surface area contributed by atoms with Gasteiger partial charge in [0, 0.05) is 34.9 Å². The number of aromatic nitrogens is 1. The minimum atomic E-state index is -0.962. The Bertz CT molecular complexity index is 1240. The van der Waals surface area contributed by atoms with Gasteiger partial charge in [0.25, 0.3) is 5.91 Å². The fourth-order valence-electron chi connectivity index (χ4n) is 6.51. The minimum Gasteiger partial charge on any atom is -0.467 e. The molecule has 3 fully saturated rings. The van der Waals surface area contributed by atoms with Gasteiger partial charge >= 0.3 is 5.97 Å². The number of nitrogens with zero attached hydrogens (tertiary/aromatic N) is 1. The first-order valence-electron chi connectivity index (χ1n) is 13.5. The Labute approximate surface area is 227 Å². The van der Waals surface area contributed by atoms with Gasteiger partial charge in [-0.25, -0.2) is 4.79 Å². The molecule has 2 saturated heterocycles. The van der Waals surface area contributed by atoms with Crippen LogP contribution in [0.4, 0.5) is 0 Å². The number of benzene rings is 1. The molecule has 10 heteroatoms. The van der Waals surface area contributed by atoms with Crippen LogP contribution >= 0.6 is 11.6 Å². The summed E-state index contributed by atoms with van der Waals surface area (Å²) >= 11 is 6.13. The largest absolute Gasteiger partial charge is 0.467 e. The number of ether oxygens (including phenoxy) is 1. The highest BCUT2D eigenvalue weighted by atomic mass is 35.5. The summed E-state index contributed by atoms with van der Waals surface area (Å²) in [5.74, 6) is -1.71. The number of fused-ring (bicyclic) bond motifs is 1. The lowest BCUT2D eigenvalue weighted by Crippen LogP contribution is -2.52. The Kier molecular flexibility index (Phi) is 7.66. The number of aromatic amines is 1.